The molecule has 1 fully saturated rings. The number of hydrogen-bond donors (Lipinski definition) is 1. The van der Waals surface area contributed by atoms with Crippen LogP contribution >= 0.6 is 0 Å². The van der Waals surface area contributed by atoms with E-state index < -0.39 is 23.0 Å². The topological polar surface area (TPSA) is 67.6 Å². The molecule has 1 aromatic carbocycles. The smallest absolute Gasteiger partial charge is 0.387 e. The Morgan fingerprint density at radius 3 is 2.71 bits per heavy atom. The third-order valence-corrected chi connectivity index (χ3v) is 3.82. The minimum atomic E-state index is -3.11. The van der Waals surface area contributed by atoms with Crippen LogP contribution in [0, 0.1) is 10.1 Å². The average molecular weight is 341 g/mol. The van der Waals surface area contributed by atoms with Crippen LogP contribution in [0.4, 0.5) is 20.2 Å². The second-order valence-corrected chi connectivity index (χ2v) is 5.97. The third-order valence-electron chi connectivity index (χ3n) is 3.82. The zero-order chi connectivity index (χ0) is 17.7. The first-order valence-corrected chi connectivity index (χ1v) is 7.71. The molecule has 1 saturated heterocycles. The van der Waals surface area contributed by atoms with Crippen LogP contribution in [0.25, 0.3) is 0 Å². The van der Waals surface area contributed by atoms with Gasteiger partial charge in [-0.3, -0.25) is 15.0 Å². The van der Waals surface area contributed by atoms with E-state index in [1.807, 2.05) is 6.92 Å². The number of piperidine rings is 1. The van der Waals surface area contributed by atoms with E-state index in [4.69, 9.17) is 0 Å². The van der Waals surface area contributed by atoms with Crippen LogP contribution in [0.3, 0.4) is 0 Å². The lowest BCUT2D eigenvalue weighted by molar-refractivity contribution is -0.386. The largest absolute Gasteiger partial charge is 0.427 e. The molecule has 1 aromatic rings. The Morgan fingerprint density at radius 2 is 2.17 bits per heavy atom. The number of nitro groups is 1. The summed E-state index contributed by atoms with van der Waals surface area (Å²) in [6, 6.07) is 4.13. The SMILES string of the molecule is C=C(C)CN1CCC(Nc2ccc([N+](=O)[O-])c(OC(F)F)c2)CC1. The molecular weight excluding hydrogens is 320 g/mol. The maximum Gasteiger partial charge on any atom is 0.387 e. The van der Waals surface area contributed by atoms with Crippen molar-refractivity contribution in [3.63, 3.8) is 0 Å². The standard InChI is InChI=1S/C16H21F2N3O3/c1-11(2)10-20-7-5-12(6-8-20)19-13-3-4-14(21(22)23)15(9-13)24-16(17)18/h3-4,9,12,16,19H,1,5-8,10H2,2H3. The quantitative estimate of drug-likeness (QED) is 0.466. The predicted molar refractivity (Wildman–Crippen MR) is 87.6 cm³/mol. The fraction of sp³-hybridized carbons (Fsp3) is 0.500. The minimum absolute atomic E-state index is 0.187. The summed E-state index contributed by atoms with van der Waals surface area (Å²) in [6.45, 7) is 5.49. The summed E-state index contributed by atoms with van der Waals surface area (Å²) < 4.78 is 29.1. The number of likely N-dealkylation sites (tertiary alicyclic amines) is 1. The van der Waals surface area contributed by atoms with Gasteiger partial charge in [0.25, 0.3) is 0 Å². The van der Waals surface area contributed by atoms with Crippen molar-refractivity contribution in [2.24, 2.45) is 0 Å². The fourth-order valence-corrected chi connectivity index (χ4v) is 2.80. The number of nitrogens with one attached hydrogen (secondary N) is 1. The normalized spacial score (nSPS) is 16.2. The maximum atomic E-state index is 12.4. The predicted octanol–water partition coefficient (Wildman–Crippen LogP) is 3.65. The van der Waals surface area contributed by atoms with E-state index in [9.17, 15) is 18.9 Å². The molecule has 0 amide bonds. The summed E-state index contributed by atoms with van der Waals surface area (Å²) in [5, 5.41) is 14.1. The van der Waals surface area contributed by atoms with E-state index >= 15 is 0 Å². The van der Waals surface area contributed by atoms with Crippen molar-refractivity contribution in [1.29, 1.82) is 0 Å². The summed E-state index contributed by atoms with van der Waals surface area (Å²) in [5.74, 6) is -0.431. The highest BCUT2D eigenvalue weighted by Gasteiger charge is 2.22. The number of hydrogen-bond acceptors (Lipinski definition) is 5. The van der Waals surface area contributed by atoms with Gasteiger partial charge < -0.3 is 10.1 Å². The Balaban J connectivity index is 2.00. The van der Waals surface area contributed by atoms with Gasteiger partial charge in [-0.2, -0.15) is 8.78 Å². The van der Waals surface area contributed by atoms with E-state index in [2.05, 4.69) is 21.5 Å². The van der Waals surface area contributed by atoms with Crippen LogP contribution in [-0.2, 0) is 0 Å². The second kappa shape index (κ2) is 8.05. The van der Waals surface area contributed by atoms with Gasteiger partial charge in [0.1, 0.15) is 0 Å². The van der Waals surface area contributed by atoms with E-state index in [0.717, 1.165) is 38.0 Å². The Kier molecular flexibility index (Phi) is 6.08. The lowest BCUT2D eigenvalue weighted by Gasteiger charge is -2.33. The Hall–Kier alpha value is -2.22. The molecule has 0 bridgehead atoms. The fourth-order valence-electron chi connectivity index (χ4n) is 2.80. The minimum Gasteiger partial charge on any atom is -0.427 e. The molecule has 0 aromatic heterocycles. The van der Waals surface area contributed by atoms with Crippen molar-refractivity contribution in [2.75, 3.05) is 25.0 Å². The van der Waals surface area contributed by atoms with Crippen LogP contribution in [0.2, 0.25) is 0 Å². The number of alkyl halides is 2. The van der Waals surface area contributed by atoms with E-state index in [-0.39, 0.29) is 6.04 Å². The first-order chi connectivity index (χ1) is 11.3. The van der Waals surface area contributed by atoms with Crippen molar-refractivity contribution >= 4 is 11.4 Å². The summed E-state index contributed by atoms with van der Waals surface area (Å²) in [6.07, 6.45) is 1.80. The first kappa shape index (κ1) is 18.1. The lowest BCUT2D eigenvalue weighted by Crippen LogP contribution is -2.39. The molecule has 0 saturated carbocycles. The van der Waals surface area contributed by atoms with E-state index in [1.54, 1.807) is 0 Å². The van der Waals surface area contributed by atoms with E-state index in [1.165, 1.54) is 18.2 Å². The van der Waals surface area contributed by atoms with E-state index in [0.29, 0.717) is 5.69 Å². The molecule has 0 spiro atoms. The summed E-state index contributed by atoms with van der Waals surface area (Å²) >= 11 is 0. The van der Waals surface area contributed by atoms with Gasteiger partial charge in [0.15, 0.2) is 0 Å². The monoisotopic (exact) mass is 341 g/mol. The van der Waals surface area contributed by atoms with Crippen molar-refractivity contribution in [2.45, 2.75) is 32.4 Å². The van der Waals surface area contributed by atoms with Gasteiger partial charge in [0.05, 0.1) is 4.92 Å². The van der Waals surface area contributed by atoms with Crippen molar-refractivity contribution < 1.29 is 18.4 Å². The number of halogens is 2. The van der Waals surface area contributed by atoms with Gasteiger partial charge in [-0.1, -0.05) is 12.2 Å². The zero-order valence-corrected chi connectivity index (χ0v) is 13.5. The van der Waals surface area contributed by atoms with Gasteiger partial charge in [0, 0.05) is 43.5 Å². The molecule has 0 radical (unpaired) electrons. The highest BCUT2D eigenvalue weighted by Crippen LogP contribution is 2.32. The molecule has 1 aliphatic heterocycles. The third kappa shape index (κ3) is 5.16. The van der Waals surface area contributed by atoms with Gasteiger partial charge in [-0.25, -0.2) is 0 Å². The molecule has 0 unspecified atom stereocenters. The Labute approximate surface area is 139 Å². The van der Waals surface area contributed by atoms with Crippen LogP contribution in [0.1, 0.15) is 19.8 Å². The van der Waals surface area contributed by atoms with Crippen molar-refractivity contribution in [3.8, 4) is 5.75 Å². The average Bonchev–Trinajstić information content (AvgIpc) is 2.48. The van der Waals surface area contributed by atoms with Crippen LogP contribution in [0.5, 0.6) is 5.75 Å². The molecule has 0 aliphatic carbocycles. The highest BCUT2D eigenvalue weighted by molar-refractivity contribution is 5.58. The first-order valence-electron chi connectivity index (χ1n) is 7.71. The number of nitrogens with zero attached hydrogens (tertiary/aromatic N) is 2. The van der Waals surface area contributed by atoms with Crippen LogP contribution in [0.15, 0.2) is 30.4 Å². The van der Waals surface area contributed by atoms with Gasteiger partial charge >= 0.3 is 12.3 Å². The molecule has 2 rings (SSSR count). The van der Waals surface area contributed by atoms with Crippen LogP contribution in [-0.4, -0.2) is 42.1 Å². The molecule has 1 heterocycles. The van der Waals surface area contributed by atoms with Gasteiger partial charge in [-0.05, 0) is 25.8 Å². The summed E-state index contributed by atoms with van der Waals surface area (Å²) in [7, 11) is 0. The molecule has 8 heteroatoms. The Morgan fingerprint density at radius 1 is 1.50 bits per heavy atom. The van der Waals surface area contributed by atoms with Crippen molar-refractivity contribution in [3.05, 3.63) is 40.5 Å². The maximum absolute atomic E-state index is 12.4. The number of benzene rings is 1. The number of anilines is 1. The molecule has 24 heavy (non-hydrogen) atoms. The van der Waals surface area contributed by atoms with Crippen molar-refractivity contribution in [1.82, 2.24) is 4.90 Å². The number of nitro benzene ring substituents is 1. The molecule has 132 valence electrons. The van der Waals surface area contributed by atoms with Gasteiger partial charge in [-0.15, -0.1) is 0 Å². The molecule has 1 N–H and O–H groups in total. The van der Waals surface area contributed by atoms with Crippen LogP contribution < -0.4 is 10.1 Å². The molecule has 6 nitrogen and oxygen atoms in total. The highest BCUT2D eigenvalue weighted by atomic mass is 19.3. The number of ether oxygens (including phenoxy) is 1. The molecule has 0 atom stereocenters. The lowest BCUT2D eigenvalue weighted by atomic mass is 10.0. The molecule has 1 aliphatic rings. The number of rotatable bonds is 7. The summed E-state index contributed by atoms with van der Waals surface area (Å²) in [5.41, 5.74) is 1.18. The second-order valence-electron chi connectivity index (χ2n) is 5.97. The van der Waals surface area contributed by atoms with Gasteiger partial charge in [0.2, 0.25) is 5.75 Å². The molecular formula is C16H21F2N3O3. The zero-order valence-electron chi connectivity index (χ0n) is 13.5. The Bertz CT molecular complexity index is 602. The summed E-state index contributed by atoms with van der Waals surface area (Å²) in [4.78, 5) is 12.4.